The van der Waals surface area contributed by atoms with Gasteiger partial charge in [-0.15, -0.1) is 0 Å². The summed E-state index contributed by atoms with van der Waals surface area (Å²) in [5.74, 6) is -3.36. The summed E-state index contributed by atoms with van der Waals surface area (Å²) in [4.78, 5) is 33.6. The van der Waals surface area contributed by atoms with Crippen LogP contribution in [0.15, 0.2) is 12.1 Å². The molecular formula is C14H14Cl2O6. The smallest absolute Gasteiger partial charge is 0.341 e. The van der Waals surface area contributed by atoms with E-state index < -0.39 is 30.2 Å². The van der Waals surface area contributed by atoms with Gasteiger partial charge in [0.05, 0.1) is 11.4 Å². The maximum atomic E-state index is 12.3. The van der Waals surface area contributed by atoms with E-state index in [4.69, 9.17) is 38.2 Å². The van der Waals surface area contributed by atoms with E-state index in [2.05, 4.69) is 0 Å². The Bertz CT molecular complexity index is 599. The van der Waals surface area contributed by atoms with Crippen molar-refractivity contribution < 1.29 is 29.3 Å². The molecule has 0 saturated carbocycles. The Balaban J connectivity index is 3.05. The van der Waals surface area contributed by atoms with Crippen LogP contribution in [-0.2, 0) is 9.59 Å². The molecule has 1 aromatic carbocycles. The van der Waals surface area contributed by atoms with Gasteiger partial charge in [-0.05, 0) is 18.6 Å². The lowest BCUT2D eigenvalue weighted by atomic mass is 9.92. The fourth-order valence-electron chi connectivity index (χ4n) is 1.83. The number of carbonyl (C=O) groups is 3. The molecule has 0 saturated heterocycles. The highest BCUT2D eigenvalue weighted by molar-refractivity contribution is 6.44. The van der Waals surface area contributed by atoms with Crippen LogP contribution in [0, 0.1) is 5.92 Å². The van der Waals surface area contributed by atoms with E-state index >= 15 is 0 Å². The average molecular weight is 349 g/mol. The predicted molar refractivity (Wildman–Crippen MR) is 80.0 cm³/mol. The third-order valence-corrected chi connectivity index (χ3v) is 3.81. The summed E-state index contributed by atoms with van der Waals surface area (Å²) in [6.45, 7) is 1.10. The molecule has 2 N–H and O–H groups in total. The minimum Gasteiger partial charge on any atom is -0.481 e. The zero-order valence-corrected chi connectivity index (χ0v) is 13.1. The molecule has 1 atom stereocenters. The molecule has 0 amide bonds. The van der Waals surface area contributed by atoms with Gasteiger partial charge < -0.3 is 14.9 Å². The van der Waals surface area contributed by atoms with Crippen molar-refractivity contribution in [1.29, 1.82) is 0 Å². The van der Waals surface area contributed by atoms with Gasteiger partial charge in [-0.25, -0.2) is 4.79 Å². The molecule has 0 aliphatic heterocycles. The first kappa shape index (κ1) is 18.3. The summed E-state index contributed by atoms with van der Waals surface area (Å²) >= 11 is 12.0. The van der Waals surface area contributed by atoms with Gasteiger partial charge in [0.15, 0.2) is 12.4 Å². The van der Waals surface area contributed by atoms with Crippen molar-refractivity contribution in [2.75, 3.05) is 6.61 Å². The van der Waals surface area contributed by atoms with Gasteiger partial charge in [-0.3, -0.25) is 9.59 Å². The summed E-state index contributed by atoms with van der Waals surface area (Å²) in [7, 11) is 0. The van der Waals surface area contributed by atoms with Crippen LogP contribution in [0.25, 0.3) is 0 Å². The van der Waals surface area contributed by atoms with Crippen LogP contribution in [-0.4, -0.2) is 34.5 Å². The minimum absolute atomic E-state index is 0.0388. The van der Waals surface area contributed by atoms with Crippen LogP contribution in [0.1, 0.15) is 30.1 Å². The Morgan fingerprint density at radius 2 is 1.77 bits per heavy atom. The number of hydrogen-bond acceptors (Lipinski definition) is 4. The minimum atomic E-state index is -1.18. The van der Waals surface area contributed by atoms with Crippen molar-refractivity contribution in [3.63, 3.8) is 0 Å². The van der Waals surface area contributed by atoms with Gasteiger partial charge >= 0.3 is 11.9 Å². The van der Waals surface area contributed by atoms with Gasteiger partial charge in [0.25, 0.3) is 0 Å². The van der Waals surface area contributed by atoms with E-state index in [1.54, 1.807) is 6.92 Å². The fourth-order valence-corrected chi connectivity index (χ4v) is 2.29. The largest absolute Gasteiger partial charge is 0.481 e. The first-order valence-electron chi connectivity index (χ1n) is 6.36. The number of carbonyl (C=O) groups excluding carboxylic acids is 1. The molecule has 120 valence electrons. The number of Topliss-reactive ketones (excluding diaryl/α,β-unsaturated/α-hetero) is 1. The van der Waals surface area contributed by atoms with Crippen LogP contribution in [0.2, 0.25) is 10.0 Å². The molecule has 1 unspecified atom stereocenters. The molecule has 0 bridgehead atoms. The monoisotopic (exact) mass is 348 g/mol. The summed E-state index contributed by atoms with van der Waals surface area (Å²) < 4.78 is 4.94. The number of rotatable bonds is 8. The van der Waals surface area contributed by atoms with Gasteiger partial charge in [0.1, 0.15) is 10.8 Å². The number of benzene rings is 1. The van der Waals surface area contributed by atoms with Gasteiger partial charge in [0.2, 0.25) is 0 Å². The molecule has 0 spiro atoms. The number of hydrogen-bond donors (Lipinski definition) is 2. The van der Waals surface area contributed by atoms with E-state index in [9.17, 15) is 14.4 Å². The maximum Gasteiger partial charge on any atom is 0.341 e. The van der Waals surface area contributed by atoms with Crippen LogP contribution in [0.3, 0.4) is 0 Å². The normalized spacial score (nSPS) is 11.8. The van der Waals surface area contributed by atoms with Crippen molar-refractivity contribution in [2.24, 2.45) is 5.92 Å². The molecule has 0 fully saturated rings. The Morgan fingerprint density at radius 3 is 2.27 bits per heavy atom. The van der Waals surface area contributed by atoms with Crippen molar-refractivity contribution in [2.45, 2.75) is 19.8 Å². The first-order chi connectivity index (χ1) is 10.3. The molecule has 6 nitrogen and oxygen atoms in total. The van der Waals surface area contributed by atoms with E-state index in [-0.39, 0.29) is 27.8 Å². The third-order valence-electron chi connectivity index (χ3n) is 2.95. The fraction of sp³-hybridized carbons (Fsp3) is 0.357. The number of ether oxygens (including phenoxy) is 1. The summed E-state index contributed by atoms with van der Waals surface area (Å²) in [5.41, 5.74) is 0.0856. The highest BCUT2D eigenvalue weighted by Gasteiger charge is 2.25. The van der Waals surface area contributed by atoms with Crippen molar-refractivity contribution >= 4 is 40.9 Å². The zero-order valence-electron chi connectivity index (χ0n) is 11.6. The molecule has 22 heavy (non-hydrogen) atoms. The summed E-state index contributed by atoms with van der Waals surface area (Å²) in [5, 5.41) is 17.2. The summed E-state index contributed by atoms with van der Waals surface area (Å²) in [6, 6.07) is 2.68. The van der Waals surface area contributed by atoms with Gasteiger partial charge in [0, 0.05) is 11.5 Å². The van der Waals surface area contributed by atoms with Crippen LogP contribution >= 0.6 is 23.2 Å². The first-order valence-corrected chi connectivity index (χ1v) is 7.12. The van der Waals surface area contributed by atoms with Crippen LogP contribution in [0.5, 0.6) is 5.75 Å². The predicted octanol–water partition coefficient (Wildman–Crippen LogP) is 3.14. The highest BCUT2D eigenvalue weighted by Crippen LogP contribution is 2.36. The van der Waals surface area contributed by atoms with Crippen molar-refractivity contribution in [1.82, 2.24) is 0 Å². The Morgan fingerprint density at radius 1 is 1.14 bits per heavy atom. The van der Waals surface area contributed by atoms with Crippen molar-refractivity contribution in [3.8, 4) is 5.75 Å². The quantitative estimate of drug-likeness (QED) is 0.699. The zero-order chi connectivity index (χ0) is 16.9. The molecule has 0 heterocycles. The molecule has 1 aromatic rings. The van der Waals surface area contributed by atoms with Gasteiger partial charge in [-0.1, -0.05) is 30.1 Å². The third kappa shape index (κ3) is 4.61. The molecule has 8 heteroatoms. The second-order valence-corrected chi connectivity index (χ2v) is 5.24. The molecule has 0 aliphatic rings. The average Bonchev–Trinajstić information content (AvgIpc) is 2.45. The van der Waals surface area contributed by atoms with E-state index in [0.29, 0.717) is 6.42 Å². The second-order valence-electron chi connectivity index (χ2n) is 4.49. The summed E-state index contributed by atoms with van der Waals surface area (Å²) in [6.07, 6.45) is 0.0386. The number of carboxylic acid groups (broad SMARTS) is 2. The second kappa shape index (κ2) is 8.00. The number of carboxylic acids is 2. The van der Waals surface area contributed by atoms with Crippen molar-refractivity contribution in [3.05, 3.63) is 27.7 Å². The van der Waals surface area contributed by atoms with E-state index in [0.717, 1.165) is 0 Å². The standard InChI is InChI=1S/C14H14Cl2O6/c1-2-7(5-10(17)18)14(21)8-3-4-9(13(16)12(8)15)22-6-11(19)20/h3-4,7H,2,5-6H2,1H3,(H,17,18)(H,19,20). The lowest BCUT2D eigenvalue weighted by molar-refractivity contribution is -0.139. The number of ketones is 1. The molecule has 0 radical (unpaired) electrons. The lowest BCUT2D eigenvalue weighted by Gasteiger charge is -2.14. The highest BCUT2D eigenvalue weighted by atomic mass is 35.5. The van der Waals surface area contributed by atoms with Gasteiger partial charge in [-0.2, -0.15) is 0 Å². The lowest BCUT2D eigenvalue weighted by Crippen LogP contribution is -2.18. The number of aliphatic carboxylic acids is 2. The van der Waals surface area contributed by atoms with E-state index in [1.165, 1.54) is 12.1 Å². The molecule has 0 aliphatic carbocycles. The Labute approximate surface area is 136 Å². The van der Waals surface area contributed by atoms with Crippen LogP contribution < -0.4 is 4.74 Å². The molecule has 0 aromatic heterocycles. The number of halogens is 2. The maximum absolute atomic E-state index is 12.3. The van der Waals surface area contributed by atoms with Crippen LogP contribution in [0.4, 0.5) is 0 Å². The SMILES string of the molecule is CCC(CC(=O)O)C(=O)c1ccc(OCC(=O)O)c(Cl)c1Cl. The topological polar surface area (TPSA) is 101 Å². The van der Waals surface area contributed by atoms with E-state index in [1.807, 2.05) is 0 Å². The molecular weight excluding hydrogens is 335 g/mol. The Hall–Kier alpha value is -1.79. The Kier molecular flexibility index (Phi) is 6.64. The molecule has 1 rings (SSSR count).